The molecule has 0 aliphatic carbocycles. The summed E-state index contributed by atoms with van der Waals surface area (Å²) in [5.74, 6) is -1.74. The van der Waals surface area contributed by atoms with Crippen molar-refractivity contribution in [2.75, 3.05) is 25.1 Å². The number of nitrogens with zero attached hydrogens (tertiary/aromatic N) is 3. The van der Waals surface area contributed by atoms with Crippen molar-refractivity contribution in [2.24, 2.45) is 0 Å². The number of nitrogens with one attached hydrogen (secondary N) is 1. The van der Waals surface area contributed by atoms with Crippen LogP contribution >= 0.6 is 0 Å². The number of ether oxygens (including phenoxy) is 1. The van der Waals surface area contributed by atoms with E-state index in [-0.39, 0.29) is 30.0 Å². The number of anilines is 1. The van der Waals surface area contributed by atoms with Gasteiger partial charge in [-0.25, -0.2) is 9.59 Å². The summed E-state index contributed by atoms with van der Waals surface area (Å²) in [7, 11) is 1.33. The lowest BCUT2D eigenvalue weighted by Gasteiger charge is -2.17. The topological polar surface area (TPSA) is 165 Å². The number of amides is 2. The van der Waals surface area contributed by atoms with Crippen molar-refractivity contribution in [1.29, 1.82) is 0 Å². The highest BCUT2D eigenvalue weighted by atomic mass is 16.6. The Morgan fingerprint density at radius 2 is 1.85 bits per heavy atom. The van der Waals surface area contributed by atoms with Crippen LogP contribution in [0.5, 0.6) is 5.75 Å². The lowest BCUT2D eigenvalue weighted by atomic mass is 10.1. The van der Waals surface area contributed by atoms with E-state index in [2.05, 4.69) is 5.32 Å². The summed E-state index contributed by atoms with van der Waals surface area (Å²) in [4.78, 5) is 44.3. The monoisotopic (exact) mass is 370 g/mol. The number of rotatable bonds is 5. The second-order valence-electron chi connectivity index (χ2n) is 4.72. The van der Waals surface area contributed by atoms with Gasteiger partial charge in [-0.1, -0.05) is 13.8 Å². The van der Waals surface area contributed by atoms with Crippen LogP contribution in [0.2, 0.25) is 0 Å². The van der Waals surface area contributed by atoms with Crippen LogP contribution in [-0.2, 0) is 11.2 Å². The van der Waals surface area contributed by atoms with E-state index in [4.69, 9.17) is 9.84 Å². The van der Waals surface area contributed by atoms with Crippen LogP contribution in [-0.4, -0.2) is 47.2 Å². The molecule has 12 nitrogen and oxygen atoms in total. The van der Waals surface area contributed by atoms with Gasteiger partial charge in [0.1, 0.15) is 11.8 Å². The predicted molar refractivity (Wildman–Crippen MR) is 89.7 cm³/mol. The molecule has 12 heteroatoms. The number of urea groups is 1. The van der Waals surface area contributed by atoms with Crippen LogP contribution in [0.4, 0.5) is 21.9 Å². The molecule has 0 atom stereocenters. The van der Waals surface area contributed by atoms with E-state index in [9.17, 15) is 29.8 Å². The number of carbonyl (C=O) groups is 2. The third-order valence-electron chi connectivity index (χ3n) is 3.36. The fourth-order valence-corrected chi connectivity index (χ4v) is 2.46. The number of nitro groups is 2. The summed E-state index contributed by atoms with van der Waals surface area (Å²) in [6.07, 6.45) is 0.0558. The summed E-state index contributed by atoms with van der Waals surface area (Å²) in [5, 5.41) is 33.4. The van der Waals surface area contributed by atoms with Crippen molar-refractivity contribution in [3.8, 4) is 5.75 Å². The van der Waals surface area contributed by atoms with Gasteiger partial charge in [0.25, 0.3) is 5.69 Å². The molecule has 0 aromatic heterocycles. The smallest absolute Gasteiger partial charge is 0.341 e. The van der Waals surface area contributed by atoms with Gasteiger partial charge in [0.05, 0.1) is 9.85 Å². The average molecular weight is 370 g/mol. The molecule has 1 aliphatic rings. The third-order valence-corrected chi connectivity index (χ3v) is 3.36. The second-order valence-corrected chi connectivity index (χ2v) is 4.72. The number of nitro benzene ring substituents is 2. The van der Waals surface area contributed by atoms with Gasteiger partial charge < -0.3 is 15.2 Å². The van der Waals surface area contributed by atoms with E-state index in [1.54, 1.807) is 0 Å². The number of hydrogen-bond donors (Lipinski definition) is 2. The van der Waals surface area contributed by atoms with Crippen molar-refractivity contribution in [3.63, 3.8) is 0 Å². The van der Waals surface area contributed by atoms with Crippen LogP contribution in [0.25, 0.3) is 0 Å². The summed E-state index contributed by atoms with van der Waals surface area (Å²) in [6.45, 7) is 3.19. The highest BCUT2D eigenvalue weighted by molar-refractivity contribution is 5.98. The maximum absolute atomic E-state index is 11.9. The minimum atomic E-state index is -1.36. The minimum Gasteiger partial charge on any atom is -0.479 e. The van der Waals surface area contributed by atoms with E-state index in [0.717, 1.165) is 4.90 Å². The van der Waals surface area contributed by atoms with Crippen molar-refractivity contribution in [3.05, 3.63) is 31.9 Å². The maximum atomic E-state index is 11.9. The Labute approximate surface area is 147 Å². The van der Waals surface area contributed by atoms with Gasteiger partial charge in [0, 0.05) is 19.2 Å². The van der Waals surface area contributed by atoms with Gasteiger partial charge in [-0.05, 0) is 6.42 Å². The van der Waals surface area contributed by atoms with Crippen molar-refractivity contribution < 1.29 is 29.3 Å². The maximum Gasteiger partial charge on any atom is 0.341 e. The molecular weight excluding hydrogens is 352 g/mol. The van der Waals surface area contributed by atoms with Crippen LogP contribution in [0.15, 0.2) is 6.07 Å². The number of fused-ring (bicyclic) bond motifs is 1. The van der Waals surface area contributed by atoms with Gasteiger partial charge in [-0.2, -0.15) is 0 Å². The summed E-state index contributed by atoms with van der Waals surface area (Å²) in [5.41, 5.74) is -1.42. The number of aliphatic carboxylic acids is 1. The highest BCUT2D eigenvalue weighted by Gasteiger charge is 2.39. The molecule has 0 spiro atoms. The van der Waals surface area contributed by atoms with Crippen LogP contribution in [0.1, 0.15) is 19.4 Å². The Hall–Kier alpha value is -3.44. The fourth-order valence-electron chi connectivity index (χ4n) is 2.46. The summed E-state index contributed by atoms with van der Waals surface area (Å²) in [6, 6.07) is 0.0342. The molecule has 142 valence electrons. The van der Waals surface area contributed by atoms with E-state index in [1.165, 1.54) is 7.05 Å². The molecule has 2 N–H and O–H groups in total. The van der Waals surface area contributed by atoms with E-state index in [1.807, 2.05) is 13.8 Å². The fraction of sp³-hybridized carbons (Fsp3) is 0.429. The van der Waals surface area contributed by atoms with Crippen molar-refractivity contribution >= 4 is 29.1 Å². The molecule has 1 heterocycles. The second kappa shape index (κ2) is 8.60. The zero-order valence-corrected chi connectivity index (χ0v) is 14.3. The first kappa shape index (κ1) is 20.6. The number of hydrogen-bond acceptors (Lipinski definition) is 7. The average Bonchev–Trinajstić information content (AvgIpc) is 3.04. The molecule has 0 unspecified atom stereocenters. The molecule has 26 heavy (non-hydrogen) atoms. The molecule has 0 bridgehead atoms. The SMILES string of the molecule is CC.CNC(=O)N1CCc2c(OCC(=O)O)c([N+](=O)[O-])cc([N+](=O)[O-])c21. The molecule has 1 aromatic rings. The zero-order valence-electron chi connectivity index (χ0n) is 14.3. The minimum absolute atomic E-state index is 0.0421. The van der Waals surface area contributed by atoms with E-state index in [0.29, 0.717) is 6.07 Å². The Morgan fingerprint density at radius 1 is 1.27 bits per heavy atom. The van der Waals surface area contributed by atoms with Crippen molar-refractivity contribution in [1.82, 2.24) is 5.32 Å². The van der Waals surface area contributed by atoms with Gasteiger partial charge >= 0.3 is 17.7 Å². The molecule has 2 amide bonds. The Morgan fingerprint density at radius 3 is 2.31 bits per heavy atom. The normalized spacial score (nSPS) is 11.7. The first-order chi connectivity index (χ1) is 12.3. The number of carboxylic acids is 1. The van der Waals surface area contributed by atoms with Crippen LogP contribution in [0.3, 0.4) is 0 Å². The lowest BCUT2D eigenvalue weighted by Crippen LogP contribution is -2.37. The van der Waals surface area contributed by atoms with E-state index >= 15 is 0 Å². The number of carbonyl (C=O) groups excluding carboxylic acids is 1. The first-order valence-corrected chi connectivity index (χ1v) is 7.60. The molecule has 0 saturated heterocycles. The molecule has 2 rings (SSSR count). The predicted octanol–water partition coefficient (Wildman–Crippen LogP) is 1.69. The van der Waals surface area contributed by atoms with Gasteiger partial charge in [0.15, 0.2) is 6.61 Å². The largest absolute Gasteiger partial charge is 0.479 e. The molecule has 1 aliphatic heterocycles. The highest BCUT2D eigenvalue weighted by Crippen LogP contribution is 2.47. The molecule has 0 radical (unpaired) electrons. The van der Waals surface area contributed by atoms with Crippen molar-refractivity contribution in [2.45, 2.75) is 20.3 Å². The summed E-state index contributed by atoms with van der Waals surface area (Å²) >= 11 is 0. The quantitative estimate of drug-likeness (QED) is 0.583. The third kappa shape index (κ3) is 3.96. The Bertz CT molecular complexity index is 749. The summed E-state index contributed by atoms with van der Waals surface area (Å²) < 4.78 is 4.98. The number of carboxylic acid groups (broad SMARTS) is 1. The first-order valence-electron chi connectivity index (χ1n) is 7.60. The molecule has 1 aromatic carbocycles. The molecule has 0 saturated carbocycles. The van der Waals surface area contributed by atoms with Crippen LogP contribution in [0, 0.1) is 20.2 Å². The Balaban J connectivity index is 0.00000163. The zero-order chi connectivity index (χ0) is 20.0. The van der Waals surface area contributed by atoms with E-state index < -0.39 is 39.8 Å². The molecule has 0 fully saturated rings. The van der Waals surface area contributed by atoms with Gasteiger partial charge in [0.2, 0.25) is 5.75 Å². The lowest BCUT2D eigenvalue weighted by molar-refractivity contribution is -0.394. The van der Waals surface area contributed by atoms with Gasteiger partial charge in [-0.15, -0.1) is 0 Å². The van der Waals surface area contributed by atoms with Gasteiger partial charge in [-0.3, -0.25) is 25.1 Å². The molecular formula is C14H18N4O8. The standard InChI is InChI=1S/C12H12N4O8.C2H6/c1-13-12(19)14-3-2-6-10(14)7(15(20)21)4-8(16(22)23)11(6)24-5-9(17)18;1-2/h4H,2-3,5H2,1H3,(H,13,19)(H,17,18);1-2H3. The Kier molecular flexibility index (Phi) is 6.81. The van der Waals surface area contributed by atoms with Crippen LogP contribution < -0.4 is 15.0 Å². The number of benzene rings is 1.